The molecular weight excluding hydrogens is 380 g/mol. The highest BCUT2D eigenvalue weighted by Gasteiger charge is 2.12. The Kier molecular flexibility index (Phi) is 5.38. The van der Waals surface area contributed by atoms with Crippen LogP contribution in [0.3, 0.4) is 0 Å². The van der Waals surface area contributed by atoms with Crippen LogP contribution < -0.4 is 10.2 Å². The van der Waals surface area contributed by atoms with Gasteiger partial charge in [0.05, 0.1) is 11.9 Å². The number of anilines is 2. The second-order valence-corrected chi connectivity index (χ2v) is 6.74. The maximum absolute atomic E-state index is 12.4. The van der Waals surface area contributed by atoms with Gasteiger partial charge in [0.2, 0.25) is 5.91 Å². The molecule has 0 spiro atoms. The standard InChI is InChI=1S/C19H21BrN4O/c1-3-24(4-2)15-8-9-17-16(12-15)19(23-22-17)21-18(25)11-13-6-5-7-14(20)10-13/h5-10,12H,3-4,11H2,1-2H3,(H2,21,22,23,25). The van der Waals surface area contributed by atoms with Crippen molar-refractivity contribution in [2.24, 2.45) is 0 Å². The summed E-state index contributed by atoms with van der Waals surface area (Å²) in [6.07, 6.45) is 0.309. The molecular formula is C19H21BrN4O. The predicted molar refractivity (Wildman–Crippen MR) is 106 cm³/mol. The topological polar surface area (TPSA) is 61.0 Å². The number of hydrogen-bond donors (Lipinski definition) is 2. The van der Waals surface area contributed by atoms with Crippen molar-refractivity contribution in [2.75, 3.05) is 23.3 Å². The van der Waals surface area contributed by atoms with E-state index in [1.807, 2.05) is 30.3 Å². The first-order valence-corrected chi connectivity index (χ1v) is 9.17. The smallest absolute Gasteiger partial charge is 0.230 e. The lowest BCUT2D eigenvalue weighted by molar-refractivity contribution is -0.115. The van der Waals surface area contributed by atoms with E-state index in [9.17, 15) is 4.79 Å². The summed E-state index contributed by atoms with van der Waals surface area (Å²) >= 11 is 3.43. The molecule has 0 aliphatic rings. The summed E-state index contributed by atoms with van der Waals surface area (Å²) in [5.41, 5.74) is 2.99. The van der Waals surface area contributed by atoms with Gasteiger partial charge in [-0.05, 0) is 49.7 Å². The van der Waals surface area contributed by atoms with Gasteiger partial charge in [-0.15, -0.1) is 0 Å². The summed E-state index contributed by atoms with van der Waals surface area (Å²) in [7, 11) is 0. The molecule has 0 bridgehead atoms. The van der Waals surface area contributed by atoms with Crippen LogP contribution in [-0.4, -0.2) is 29.2 Å². The molecule has 5 nitrogen and oxygen atoms in total. The number of nitrogens with one attached hydrogen (secondary N) is 2. The van der Waals surface area contributed by atoms with Crippen LogP contribution in [0.25, 0.3) is 10.9 Å². The van der Waals surface area contributed by atoms with Gasteiger partial charge in [0, 0.05) is 28.6 Å². The van der Waals surface area contributed by atoms with E-state index in [1.165, 1.54) is 0 Å². The number of amides is 1. The van der Waals surface area contributed by atoms with Gasteiger partial charge < -0.3 is 10.2 Å². The summed E-state index contributed by atoms with van der Waals surface area (Å²) in [6, 6.07) is 13.9. The van der Waals surface area contributed by atoms with E-state index in [0.717, 1.165) is 39.7 Å². The number of aromatic amines is 1. The zero-order valence-electron chi connectivity index (χ0n) is 14.3. The highest BCUT2D eigenvalue weighted by Crippen LogP contribution is 2.26. The fourth-order valence-electron chi connectivity index (χ4n) is 2.89. The van der Waals surface area contributed by atoms with Crippen molar-refractivity contribution >= 4 is 44.2 Å². The number of carbonyl (C=O) groups is 1. The van der Waals surface area contributed by atoms with Crippen LogP contribution in [0, 0.1) is 0 Å². The average Bonchev–Trinajstić information content (AvgIpc) is 2.98. The Morgan fingerprint density at radius 2 is 2.00 bits per heavy atom. The lowest BCUT2D eigenvalue weighted by Gasteiger charge is -2.20. The van der Waals surface area contributed by atoms with Gasteiger partial charge in [-0.25, -0.2) is 0 Å². The SMILES string of the molecule is CCN(CC)c1ccc2[nH]nc(NC(=O)Cc3cccc(Br)c3)c2c1. The Bertz CT molecular complexity index is 886. The van der Waals surface area contributed by atoms with E-state index >= 15 is 0 Å². The van der Waals surface area contributed by atoms with Crippen LogP contribution in [-0.2, 0) is 11.2 Å². The molecule has 2 aromatic carbocycles. The third-order valence-electron chi connectivity index (χ3n) is 4.19. The normalized spacial score (nSPS) is 10.8. The van der Waals surface area contributed by atoms with Crippen molar-refractivity contribution in [3.8, 4) is 0 Å². The fraction of sp³-hybridized carbons (Fsp3) is 0.263. The first kappa shape index (κ1) is 17.5. The van der Waals surface area contributed by atoms with Gasteiger partial charge >= 0.3 is 0 Å². The van der Waals surface area contributed by atoms with E-state index in [0.29, 0.717) is 12.2 Å². The van der Waals surface area contributed by atoms with Crippen molar-refractivity contribution in [3.63, 3.8) is 0 Å². The Balaban J connectivity index is 1.81. The number of fused-ring (bicyclic) bond motifs is 1. The van der Waals surface area contributed by atoms with Crippen LogP contribution in [0.1, 0.15) is 19.4 Å². The largest absolute Gasteiger partial charge is 0.372 e. The second kappa shape index (κ2) is 7.70. The molecule has 0 unspecified atom stereocenters. The number of H-pyrrole nitrogens is 1. The summed E-state index contributed by atoms with van der Waals surface area (Å²) < 4.78 is 0.965. The Hall–Kier alpha value is -2.34. The molecule has 0 aliphatic heterocycles. The molecule has 0 radical (unpaired) electrons. The van der Waals surface area contributed by atoms with Gasteiger partial charge in [-0.2, -0.15) is 5.10 Å². The first-order chi connectivity index (χ1) is 12.1. The molecule has 1 amide bonds. The number of rotatable bonds is 6. The van der Waals surface area contributed by atoms with Crippen molar-refractivity contribution < 1.29 is 4.79 Å². The lowest BCUT2D eigenvalue weighted by atomic mass is 10.1. The van der Waals surface area contributed by atoms with Crippen molar-refractivity contribution in [1.29, 1.82) is 0 Å². The van der Waals surface area contributed by atoms with Crippen LogP contribution >= 0.6 is 15.9 Å². The molecule has 0 saturated heterocycles. The molecule has 3 rings (SSSR count). The predicted octanol–water partition coefficient (Wildman–Crippen LogP) is 4.35. The molecule has 1 heterocycles. The maximum atomic E-state index is 12.4. The molecule has 0 atom stereocenters. The third kappa shape index (κ3) is 4.02. The summed E-state index contributed by atoms with van der Waals surface area (Å²) in [4.78, 5) is 14.6. The molecule has 3 aromatic rings. The molecule has 130 valence electrons. The van der Waals surface area contributed by atoms with Gasteiger partial charge in [0.25, 0.3) is 0 Å². The van der Waals surface area contributed by atoms with Crippen LogP contribution in [0.5, 0.6) is 0 Å². The van der Waals surface area contributed by atoms with Crippen molar-refractivity contribution in [3.05, 3.63) is 52.5 Å². The minimum atomic E-state index is -0.0836. The van der Waals surface area contributed by atoms with E-state index < -0.39 is 0 Å². The quantitative estimate of drug-likeness (QED) is 0.646. The number of hydrogen-bond acceptors (Lipinski definition) is 3. The molecule has 25 heavy (non-hydrogen) atoms. The highest BCUT2D eigenvalue weighted by atomic mass is 79.9. The summed E-state index contributed by atoms with van der Waals surface area (Å²) in [6.45, 7) is 6.13. The summed E-state index contributed by atoms with van der Waals surface area (Å²) in [5.74, 6) is 0.490. The molecule has 0 saturated carbocycles. The minimum Gasteiger partial charge on any atom is -0.372 e. The number of aromatic nitrogens is 2. The van der Waals surface area contributed by atoms with Gasteiger partial charge in [0.1, 0.15) is 0 Å². The van der Waals surface area contributed by atoms with Crippen LogP contribution in [0.15, 0.2) is 46.9 Å². The fourth-order valence-corrected chi connectivity index (χ4v) is 3.34. The number of halogens is 1. The Morgan fingerprint density at radius 3 is 2.72 bits per heavy atom. The van der Waals surface area contributed by atoms with Crippen LogP contribution in [0.2, 0.25) is 0 Å². The van der Waals surface area contributed by atoms with E-state index in [-0.39, 0.29) is 5.91 Å². The minimum absolute atomic E-state index is 0.0836. The van der Waals surface area contributed by atoms with E-state index in [1.54, 1.807) is 0 Å². The van der Waals surface area contributed by atoms with Gasteiger partial charge in [0.15, 0.2) is 5.82 Å². The van der Waals surface area contributed by atoms with Crippen LogP contribution in [0.4, 0.5) is 11.5 Å². The number of benzene rings is 2. The monoisotopic (exact) mass is 400 g/mol. The summed E-state index contributed by atoms with van der Waals surface area (Å²) in [5, 5.41) is 11.1. The zero-order valence-corrected chi connectivity index (χ0v) is 15.9. The number of carbonyl (C=O) groups excluding carboxylic acids is 1. The van der Waals surface area contributed by atoms with E-state index in [4.69, 9.17) is 0 Å². The van der Waals surface area contributed by atoms with Gasteiger partial charge in [-0.3, -0.25) is 9.89 Å². The Labute approximate surface area is 155 Å². The number of nitrogens with zero attached hydrogens (tertiary/aromatic N) is 2. The third-order valence-corrected chi connectivity index (χ3v) is 4.68. The van der Waals surface area contributed by atoms with Crippen molar-refractivity contribution in [2.45, 2.75) is 20.3 Å². The van der Waals surface area contributed by atoms with E-state index in [2.05, 4.69) is 62.3 Å². The highest BCUT2D eigenvalue weighted by molar-refractivity contribution is 9.10. The molecule has 1 aromatic heterocycles. The van der Waals surface area contributed by atoms with Crippen molar-refractivity contribution in [1.82, 2.24) is 10.2 Å². The zero-order chi connectivity index (χ0) is 17.8. The molecule has 2 N–H and O–H groups in total. The lowest BCUT2D eigenvalue weighted by Crippen LogP contribution is -2.21. The first-order valence-electron chi connectivity index (χ1n) is 8.38. The average molecular weight is 401 g/mol. The molecule has 6 heteroatoms. The molecule has 0 fully saturated rings. The second-order valence-electron chi connectivity index (χ2n) is 5.83. The molecule has 0 aliphatic carbocycles. The Morgan fingerprint density at radius 1 is 1.20 bits per heavy atom. The maximum Gasteiger partial charge on any atom is 0.230 e. The van der Waals surface area contributed by atoms with Gasteiger partial charge in [-0.1, -0.05) is 28.1 Å².